The second kappa shape index (κ2) is 3.31. The quantitative estimate of drug-likeness (QED) is 0.774. The van der Waals surface area contributed by atoms with E-state index >= 15 is 0 Å². The van der Waals surface area contributed by atoms with Gasteiger partial charge in [-0.15, -0.1) is 11.3 Å². The fourth-order valence-corrected chi connectivity index (χ4v) is 3.25. The van der Waals surface area contributed by atoms with E-state index in [9.17, 15) is 0 Å². The van der Waals surface area contributed by atoms with Crippen LogP contribution in [0, 0.1) is 5.41 Å². The minimum Gasteiger partial charge on any atom is -0.320 e. The molecule has 2 nitrogen and oxygen atoms in total. The van der Waals surface area contributed by atoms with Crippen LogP contribution in [-0.4, -0.2) is 4.98 Å². The van der Waals surface area contributed by atoms with Gasteiger partial charge in [0.25, 0.3) is 0 Å². The van der Waals surface area contributed by atoms with E-state index in [1.54, 1.807) is 11.3 Å². The van der Waals surface area contributed by atoms with E-state index in [2.05, 4.69) is 24.2 Å². The SMILES string of the molecule is CC1(C)CCCC(N)(c2cscn2)C1. The van der Waals surface area contributed by atoms with E-state index in [1.165, 1.54) is 12.8 Å². The molecule has 0 radical (unpaired) electrons. The third-order valence-electron chi connectivity index (χ3n) is 3.21. The Morgan fingerprint density at radius 3 is 2.79 bits per heavy atom. The van der Waals surface area contributed by atoms with Gasteiger partial charge in [0, 0.05) is 5.38 Å². The lowest BCUT2D eigenvalue weighted by atomic mass is 9.67. The molecule has 1 heterocycles. The lowest BCUT2D eigenvalue weighted by Crippen LogP contribution is -2.44. The third-order valence-corrected chi connectivity index (χ3v) is 3.80. The first-order valence-corrected chi connectivity index (χ1v) is 6.14. The zero-order valence-electron chi connectivity index (χ0n) is 8.92. The molecule has 1 aromatic rings. The fourth-order valence-electron chi connectivity index (χ4n) is 2.59. The first-order chi connectivity index (χ1) is 6.52. The van der Waals surface area contributed by atoms with Crippen molar-refractivity contribution in [1.82, 2.24) is 4.98 Å². The fraction of sp³-hybridized carbons (Fsp3) is 0.727. The highest BCUT2D eigenvalue weighted by molar-refractivity contribution is 7.07. The number of hydrogen-bond acceptors (Lipinski definition) is 3. The predicted molar refractivity (Wildman–Crippen MR) is 60.2 cm³/mol. The highest BCUT2D eigenvalue weighted by Crippen LogP contribution is 2.44. The van der Waals surface area contributed by atoms with Crippen molar-refractivity contribution < 1.29 is 0 Å². The minimum atomic E-state index is -0.165. The molecule has 3 heteroatoms. The smallest absolute Gasteiger partial charge is 0.0795 e. The zero-order valence-corrected chi connectivity index (χ0v) is 9.73. The van der Waals surface area contributed by atoms with Gasteiger partial charge in [-0.25, -0.2) is 4.98 Å². The van der Waals surface area contributed by atoms with Crippen LogP contribution in [0.2, 0.25) is 0 Å². The van der Waals surface area contributed by atoms with Crippen molar-refractivity contribution in [3.8, 4) is 0 Å². The lowest BCUT2D eigenvalue weighted by molar-refractivity contribution is 0.148. The summed E-state index contributed by atoms with van der Waals surface area (Å²) in [6, 6.07) is 0. The molecule has 2 N–H and O–H groups in total. The Morgan fingerprint density at radius 1 is 1.43 bits per heavy atom. The number of rotatable bonds is 1. The van der Waals surface area contributed by atoms with Crippen LogP contribution < -0.4 is 5.73 Å². The molecule has 1 aromatic heterocycles. The van der Waals surface area contributed by atoms with E-state index in [0.717, 1.165) is 18.5 Å². The van der Waals surface area contributed by atoms with Crippen LogP contribution in [0.15, 0.2) is 10.9 Å². The Balaban J connectivity index is 2.24. The van der Waals surface area contributed by atoms with Crippen molar-refractivity contribution in [3.05, 3.63) is 16.6 Å². The number of thiazole rings is 1. The summed E-state index contributed by atoms with van der Waals surface area (Å²) in [6.07, 6.45) is 4.65. The molecule has 0 spiro atoms. The van der Waals surface area contributed by atoms with Crippen molar-refractivity contribution in [2.75, 3.05) is 0 Å². The summed E-state index contributed by atoms with van der Waals surface area (Å²) >= 11 is 1.64. The Kier molecular flexibility index (Phi) is 2.40. The molecule has 1 unspecified atom stereocenters. The summed E-state index contributed by atoms with van der Waals surface area (Å²) in [4.78, 5) is 4.37. The van der Waals surface area contributed by atoms with Gasteiger partial charge in [0.05, 0.1) is 16.7 Å². The standard InChI is InChI=1S/C11H18N2S/c1-10(2)4-3-5-11(12,7-10)9-6-14-8-13-9/h6,8H,3-5,7,12H2,1-2H3. The summed E-state index contributed by atoms with van der Waals surface area (Å²) in [5.74, 6) is 0. The number of nitrogens with two attached hydrogens (primary N) is 1. The highest BCUT2D eigenvalue weighted by Gasteiger charge is 2.39. The Labute approximate surface area is 89.5 Å². The molecule has 1 aliphatic rings. The Bertz CT molecular complexity index is 305. The van der Waals surface area contributed by atoms with Gasteiger partial charge in [-0.3, -0.25) is 0 Å². The van der Waals surface area contributed by atoms with Crippen LogP contribution in [0.1, 0.15) is 45.2 Å². The summed E-state index contributed by atoms with van der Waals surface area (Å²) in [5, 5.41) is 2.10. The van der Waals surface area contributed by atoms with Gasteiger partial charge in [-0.2, -0.15) is 0 Å². The summed E-state index contributed by atoms with van der Waals surface area (Å²) in [7, 11) is 0. The Morgan fingerprint density at radius 2 is 2.21 bits per heavy atom. The maximum Gasteiger partial charge on any atom is 0.0795 e. The maximum atomic E-state index is 6.44. The average Bonchev–Trinajstić information content (AvgIpc) is 2.52. The lowest BCUT2D eigenvalue weighted by Gasteiger charge is -2.41. The largest absolute Gasteiger partial charge is 0.320 e. The average molecular weight is 210 g/mol. The van der Waals surface area contributed by atoms with Crippen LogP contribution >= 0.6 is 11.3 Å². The minimum absolute atomic E-state index is 0.165. The van der Waals surface area contributed by atoms with Crippen molar-refractivity contribution in [1.29, 1.82) is 0 Å². The van der Waals surface area contributed by atoms with Gasteiger partial charge in [-0.1, -0.05) is 20.3 Å². The second-order valence-electron chi connectivity index (χ2n) is 5.22. The van der Waals surface area contributed by atoms with Gasteiger partial charge in [0.15, 0.2) is 0 Å². The molecule has 1 atom stereocenters. The molecular formula is C11H18N2S. The van der Waals surface area contributed by atoms with E-state index in [4.69, 9.17) is 5.73 Å². The van der Waals surface area contributed by atoms with Crippen LogP contribution in [0.25, 0.3) is 0 Å². The van der Waals surface area contributed by atoms with Crippen molar-refractivity contribution in [2.45, 2.75) is 45.1 Å². The Hall–Kier alpha value is -0.410. The van der Waals surface area contributed by atoms with Crippen molar-refractivity contribution in [2.24, 2.45) is 11.1 Å². The predicted octanol–water partition coefficient (Wildman–Crippen LogP) is 2.90. The molecule has 0 aromatic carbocycles. The molecule has 1 aliphatic carbocycles. The van der Waals surface area contributed by atoms with Gasteiger partial charge >= 0.3 is 0 Å². The normalized spacial score (nSPS) is 31.6. The van der Waals surface area contributed by atoms with Crippen LogP contribution in [-0.2, 0) is 5.54 Å². The monoisotopic (exact) mass is 210 g/mol. The molecule has 2 rings (SSSR count). The summed E-state index contributed by atoms with van der Waals surface area (Å²) in [5.41, 5.74) is 9.62. The van der Waals surface area contributed by atoms with Gasteiger partial charge in [0.1, 0.15) is 0 Å². The van der Waals surface area contributed by atoms with Gasteiger partial charge in [-0.05, 0) is 24.7 Å². The molecule has 78 valence electrons. The molecule has 1 fully saturated rings. The van der Waals surface area contributed by atoms with Crippen LogP contribution in [0.5, 0.6) is 0 Å². The molecule has 1 saturated carbocycles. The van der Waals surface area contributed by atoms with Crippen LogP contribution in [0.4, 0.5) is 0 Å². The molecule has 0 aliphatic heterocycles. The summed E-state index contributed by atoms with van der Waals surface area (Å²) in [6.45, 7) is 4.61. The molecule has 0 amide bonds. The number of hydrogen-bond donors (Lipinski definition) is 1. The summed E-state index contributed by atoms with van der Waals surface area (Å²) < 4.78 is 0. The molecule has 0 bridgehead atoms. The number of aromatic nitrogens is 1. The topological polar surface area (TPSA) is 38.9 Å². The third kappa shape index (κ3) is 1.84. The first kappa shape index (κ1) is 10.1. The van der Waals surface area contributed by atoms with Crippen LogP contribution in [0.3, 0.4) is 0 Å². The van der Waals surface area contributed by atoms with Gasteiger partial charge < -0.3 is 5.73 Å². The first-order valence-electron chi connectivity index (χ1n) is 5.19. The molecule has 0 saturated heterocycles. The van der Waals surface area contributed by atoms with Gasteiger partial charge in [0.2, 0.25) is 0 Å². The van der Waals surface area contributed by atoms with E-state index in [-0.39, 0.29) is 5.54 Å². The maximum absolute atomic E-state index is 6.44. The van der Waals surface area contributed by atoms with E-state index in [0.29, 0.717) is 5.41 Å². The van der Waals surface area contributed by atoms with E-state index in [1.807, 2.05) is 5.51 Å². The highest BCUT2D eigenvalue weighted by atomic mass is 32.1. The number of nitrogens with zero attached hydrogens (tertiary/aromatic N) is 1. The molecular weight excluding hydrogens is 192 g/mol. The van der Waals surface area contributed by atoms with Crippen molar-refractivity contribution in [3.63, 3.8) is 0 Å². The van der Waals surface area contributed by atoms with Crippen molar-refractivity contribution >= 4 is 11.3 Å². The molecule has 14 heavy (non-hydrogen) atoms. The van der Waals surface area contributed by atoms with E-state index < -0.39 is 0 Å². The zero-order chi connectivity index (χ0) is 10.2. The second-order valence-corrected chi connectivity index (χ2v) is 5.94.